The van der Waals surface area contributed by atoms with E-state index in [1.54, 1.807) is 7.11 Å². The van der Waals surface area contributed by atoms with Gasteiger partial charge < -0.3 is 10.1 Å². The SMILES string of the molecule is COc1ccc([C@H](C)NCc2c(C)nn(C)c2C)cc1. The van der Waals surface area contributed by atoms with Crippen LogP contribution in [0.1, 0.15) is 35.5 Å². The number of aromatic nitrogens is 2. The lowest BCUT2D eigenvalue weighted by molar-refractivity contribution is 0.414. The molecule has 0 bridgehead atoms. The van der Waals surface area contributed by atoms with Gasteiger partial charge in [-0.1, -0.05) is 12.1 Å². The molecule has 0 saturated carbocycles. The highest BCUT2D eigenvalue weighted by Crippen LogP contribution is 2.19. The second kappa shape index (κ2) is 6.09. The van der Waals surface area contributed by atoms with Crippen molar-refractivity contribution < 1.29 is 4.74 Å². The molecule has 0 spiro atoms. The van der Waals surface area contributed by atoms with Crippen molar-refractivity contribution in [1.82, 2.24) is 15.1 Å². The van der Waals surface area contributed by atoms with Crippen molar-refractivity contribution >= 4 is 0 Å². The van der Waals surface area contributed by atoms with Gasteiger partial charge in [-0.3, -0.25) is 4.68 Å². The summed E-state index contributed by atoms with van der Waals surface area (Å²) in [5, 5.41) is 8.00. The van der Waals surface area contributed by atoms with Crippen LogP contribution in [0.4, 0.5) is 0 Å². The molecule has 0 amide bonds. The Hall–Kier alpha value is -1.81. The van der Waals surface area contributed by atoms with Crippen LogP contribution in [-0.4, -0.2) is 16.9 Å². The predicted molar refractivity (Wildman–Crippen MR) is 80.9 cm³/mol. The van der Waals surface area contributed by atoms with E-state index in [4.69, 9.17) is 4.74 Å². The van der Waals surface area contributed by atoms with Crippen LogP contribution in [0.5, 0.6) is 5.75 Å². The van der Waals surface area contributed by atoms with Gasteiger partial charge in [0, 0.05) is 30.9 Å². The van der Waals surface area contributed by atoms with Gasteiger partial charge in [-0.05, 0) is 38.5 Å². The summed E-state index contributed by atoms with van der Waals surface area (Å²) in [6.45, 7) is 7.17. The molecule has 1 aromatic heterocycles. The Labute approximate surface area is 120 Å². The first-order chi connectivity index (χ1) is 9.52. The molecule has 2 aromatic rings. The Morgan fingerprint density at radius 2 is 1.90 bits per heavy atom. The number of nitrogens with zero attached hydrogens (tertiary/aromatic N) is 2. The van der Waals surface area contributed by atoms with Gasteiger partial charge in [-0.25, -0.2) is 0 Å². The quantitative estimate of drug-likeness (QED) is 0.910. The lowest BCUT2D eigenvalue weighted by Crippen LogP contribution is -2.18. The average Bonchev–Trinajstić information content (AvgIpc) is 2.70. The predicted octanol–water partition coefficient (Wildman–Crippen LogP) is 2.90. The zero-order valence-electron chi connectivity index (χ0n) is 12.9. The Morgan fingerprint density at radius 3 is 2.40 bits per heavy atom. The fraction of sp³-hybridized carbons (Fsp3) is 0.438. The van der Waals surface area contributed by atoms with Crippen LogP contribution in [0.25, 0.3) is 0 Å². The zero-order chi connectivity index (χ0) is 14.7. The van der Waals surface area contributed by atoms with Crippen molar-refractivity contribution in [2.45, 2.75) is 33.4 Å². The van der Waals surface area contributed by atoms with Crippen LogP contribution in [-0.2, 0) is 13.6 Å². The van der Waals surface area contributed by atoms with Crippen LogP contribution in [0.3, 0.4) is 0 Å². The molecule has 0 saturated heterocycles. The molecule has 1 aromatic carbocycles. The summed E-state index contributed by atoms with van der Waals surface area (Å²) in [4.78, 5) is 0. The topological polar surface area (TPSA) is 39.1 Å². The molecule has 0 aliphatic carbocycles. The third kappa shape index (κ3) is 3.02. The lowest BCUT2D eigenvalue weighted by atomic mass is 10.1. The van der Waals surface area contributed by atoms with Crippen molar-refractivity contribution in [2.24, 2.45) is 7.05 Å². The van der Waals surface area contributed by atoms with Gasteiger partial charge in [0.1, 0.15) is 5.75 Å². The van der Waals surface area contributed by atoms with E-state index in [9.17, 15) is 0 Å². The molecule has 0 fully saturated rings. The van der Waals surface area contributed by atoms with E-state index in [0.29, 0.717) is 6.04 Å². The molecule has 1 heterocycles. The molecule has 4 heteroatoms. The van der Waals surface area contributed by atoms with Crippen molar-refractivity contribution in [1.29, 1.82) is 0 Å². The highest BCUT2D eigenvalue weighted by atomic mass is 16.5. The first-order valence-corrected chi connectivity index (χ1v) is 6.89. The number of methoxy groups -OCH3 is 1. The lowest BCUT2D eigenvalue weighted by Gasteiger charge is -2.15. The maximum Gasteiger partial charge on any atom is 0.118 e. The molecule has 4 nitrogen and oxygen atoms in total. The Balaban J connectivity index is 2.02. The van der Waals surface area contributed by atoms with E-state index in [1.807, 2.05) is 23.9 Å². The number of nitrogens with one attached hydrogen (secondary N) is 1. The fourth-order valence-electron chi connectivity index (χ4n) is 2.34. The molecule has 20 heavy (non-hydrogen) atoms. The molecule has 0 aliphatic rings. The molecule has 1 atom stereocenters. The van der Waals surface area contributed by atoms with Gasteiger partial charge in [0.25, 0.3) is 0 Å². The molecule has 0 aliphatic heterocycles. The van der Waals surface area contributed by atoms with Gasteiger partial charge in [-0.15, -0.1) is 0 Å². The summed E-state index contributed by atoms with van der Waals surface area (Å²) in [6.07, 6.45) is 0. The van der Waals surface area contributed by atoms with E-state index in [-0.39, 0.29) is 0 Å². The smallest absolute Gasteiger partial charge is 0.118 e. The maximum absolute atomic E-state index is 5.18. The fourth-order valence-corrected chi connectivity index (χ4v) is 2.34. The number of rotatable bonds is 5. The monoisotopic (exact) mass is 273 g/mol. The number of benzene rings is 1. The third-order valence-corrected chi connectivity index (χ3v) is 3.86. The van der Waals surface area contributed by atoms with E-state index >= 15 is 0 Å². The minimum absolute atomic E-state index is 0.292. The molecular weight excluding hydrogens is 250 g/mol. The van der Waals surface area contributed by atoms with Crippen molar-refractivity contribution in [2.75, 3.05) is 7.11 Å². The standard InChI is InChI=1S/C16H23N3O/c1-11(14-6-8-15(20-5)9-7-14)17-10-16-12(2)18-19(4)13(16)3/h6-9,11,17H,10H2,1-5H3/t11-/m0/s1. The number of hydrogen-bond acceptors (Lipinski definition) is 3. The minimum atomic E-state index is 0.292. The van der Waals surface area contributed by atoms with E-state index in [2.05, 4.69) is 43.3 Å². The van der Waals surface area contributed by atoms with E-state index in [1.165, 1.54) is 16.8 Å². The van der Waals surface area contributed by atoms with Gasteiger partial charge in [0.05, 0.1) is 12.8 Å². The van der Waals surface area contributed by atoms with Crippen LogP contribution < -0.4 is 10.1 Å². The third-order valence-electron chi connectivity index (χ3n) is 3.86. The average molecular weight is 273 g/mol. The zero-order valence-corrected chi connectivity index (χ0v) is 12.9. The second-order valence-electron chi connectivity index (χ2n) is 5.15. The first kappa shape index (κ1) is 14.6. The summed E-state index contributed by atoms with van der Waals surface area (Å²) in [5.74, 6) is 0.889. The van der Waals surface area contributed by atoms with Crippen LogP contribution in [0, 0.1) is 13.8 Å². The Bertz CT molecular complexity index is 572. The van der Waals surface area contributed by atoms with Crippen molar-refractivity contribution in [3.8, 4) is 5.75 Å². The number of ether oxygens (including phenoxy) is 1. The normalized spacial score (nSPS) is 12.4. The number of aryl methyl sites for hydroxylation is 2. The Kier molecular flexibility index (Phi) is 4.45. The molecule has 108 valence electrons. The van der Waals surface area contributed by atoms with Gasteiger partial charge >= 0.3 is 0 Å². The van der Waals surface area contributed by atoms with Gasteiger partial charge in [0.15, 0.2) is 0 Å². The molecule has 1 N–H and O–H groups in total. The first-order valence-electron chi connectivity index (χ1n) is 6.89. The largest absolute Gasteiger partial charge is 0.497 e. The minimum Gasteiger partial charge on any atom is -0.497 e. The summed E-state index contributed by atoms with van der Waals surface area (Å²) >= 11 is 0. The summed E-state index contributed by atoms with van der Waals surface area (Å²) in [7, 11) is 3.67. The van der Waals surface area contributed by atoms with Gasteiger partial charge in [-0.2, -0.15) is 5.10 Å². The molecule has 0 radical (unpaired) electrons. The Morgan fingerprint density at radius 1 is 1.25 bits per heavy atom. The van der Waals surface area contributed by atoms with E-state index < -0.39 is 0 Å². The molecule has 2 rings (SSSR count). The molecular formula is C16H23N3O. The van der Waals surface area contributed by atoms with Crippen LogP contribution >= 0.6 is 0 Å². The van der Waals surface area contributed by atoms with Gasteiger partial charge in [0.2, 0.25) is 0 Å². The highest BCUT2D eigenvalue weighted by Gasteiger charge is 2.11. The van der Waals surface area contributed by atoms with Crippen LogP contribution in [0.15, 0.2) is 24.3 Å². The van der Waals surface area contributed by atoms with Crippen LogP contribution in [0.2, 0.25) is 0 Å². The summed E-state index contributed by atoms with van der Waals surface area (Å²) in [5.41, 5.74) is 4.86. The number of hydrogen-bond donors (Lipinski definition) is 1. The molecule has 0 unspecified atom stereocenters. The summed E-state index contributed by atoms with van der Waals surface area (Å²) in [6, 6.07) is 8.47. The van der Waals surface area contributed by atoms with E-state index in [0.717, 1.165) is 18.0 Å². The second-order valence-corrected chi connectivity index (χ2v) is 5.15. The van der Waals surface area contributed by atoms with Crippen molar-refractivity contribution in [3.63, 3.8) is 0 Å². The summed E-state index contributed by atoms with van der Waals surface area (Å²) < 4.78 is 7.12. The maximum atomic E-state index is 5.18. The highest BCUT2D eigenvalue weighted by molar-refractivity contribution is 5.29. The van der Waals surface area contributed by atoms with Crippen molar-refractivity contribution in [3.05, 3.63) is 46.8 Å².